The van der Waals surface area contributed by atoms with Crippen LogP contribution in [0.1, 0.15) is 41.5 Å². The number of hydrogen-bond donors (Lipinski definition) is 0. The maximum Gasteiger partial charge on any atom is 0.272 e. The van der Waals surface area contributed by atoms with Crippen LogP contribution in [0.3, 0.4) is 0 Å². The largest absolute Gasteiger partial charge is 0.337 e. The van der Waals surface area contributed by atoms with E-state index >= 15 is 0 Å². The van der Waals surface area contributed by atoms with E-state index < -0.39 is 9.84 Å². The molecule has 2 heterocycles. The number of pyridine rings is 1. The summed E-state index contributed by atoms with van der Waals surface area (Å²) in [7, 11) is -3.50. The Labute approximate surface area is 155 Å². The Morgan fingerprint density at radius 1 is 1.15 bits per heavy atom. The third kappa shape index (κ3) is 4.30. The average molecular weight is 372 g/mol. The predicted molar refractivity (Wildman–Crippen MR) is 101 cm³/mol. The van der Waals surface area contributed by atoms with Crippen LogP contribution in [0.2, 0.25) is 0 Å². The first kappa shape index (κ1) is 18.6. The summed E-state index contributed by atoms with van der Waals surface area (Å²) in [5, 5.41) is 0. The van der Waals surface area contributed by atoms with Crippen molar-refractivity contribution in [3.8, 4) is 0 Å². The molecule has 26 heavy (non-hydrogen) atoms. The molecule has 0 N–H and O–H groups in total. The van der Waals surface area contributed by atoms with Gasteiger partial charge in [-0.3, -0.25) is 4.79 Å². The second kappa shape index (κ2) is 7.58. The molecular formula is C20H24N2O3S. The van der Waals surface area contributed by atoms with Gasteiger partial charge in [-0.2, -0.15) is 0 Å². The van der Waals surface area contributed by atoms with Crippen LogP contribution in [-0.4, -0.2) is 37.3 Å². The minimum atomic E-state index is -3.50. The SMILES string of the molecule is Cc1cccc(S(=O)(=O)Cc2cccc(C(=O)N3CCC(C)CC3)n2)c1. The zero-order valence-corrected chi connectivity index (χ0v) is 16.0. The van der Waals surface area contributed by atoms with Crippen LogP contribution in [0.4, 0.5) is 0 Å². The van der Waals surface area contributed by atoms with Gasteiger partial charge in [0.25, 0.3) is 5.91 Å². The number of hydrogen-bond acceptors (Lipinski definition) is 4. The van der Waals surface area contributed by atoms with Gasteiger partial charge in [0, 0.05) is 13.1 Å². The fourth-order valence-corrected chi connectivity index (χ4v) is 4.51. The van der Waals surface area contributed by atoms with E-state index in [2.05, 4.69) is 11.9 Å². The molecule has 5 nitrogen and oxygen atoms in total. The van der Waals surface area contributed by atoms with Gasteiger partial charge >= 0.3 is 0 Å². The molecule has 6 heteroatoms. The van der Waals surface area contributed by atoms with Gasteiger partial charge in [0.1, 0.15) is 5.69 Å². The fraction of sp³-hybridized carbons (Fsp3) is 0.400. The molecule has 0 unspecified atom stereocenters. The van der Waals surface area contributed by atoms with E-state index in [1.807, 2.05) is 13.0 Å². The molecule has 1 amide bonds. The van der Waals surface area contributed by atoms with Crippen LogP contribution in [0.25, 0.3) is 0 Å². The predicted octanol–water partition coefficient (Wildman–Crippen LogP) is 3.24. The van der Waals surface area contributed by atoms with Crippen molar-refractivity contribution >= 4 is 15.7 Å². The number of piperidine rings is 1. The minimum absolute atomic E-state index is 0.119. The normalized spacial score (nSPS) is 15.8. The fourth-order valence-electron chi connectivity index (χ4n) is 3.14. The lowest BCUT2D eigenvalue weighted by Gasteiger charge is -2.30. The summed E-state index contributed by atoms with van der Waals surface area (Å²) < 4.78 is 25.3. The number of carbonyl (C=O) groups excluding carboxylic acids is 1. The Morgan fingerprint density at radius 2 is 1.85 bits per heavy atom. The first-order valence-corrected chi connectivity index (χ1v) is 10.5. The van der Waals surface area contributed by atoms with E-state index in [-0.39, 0.29) is 16.6 Å². The molecule has 0 bridgehead atoms. The van der Waals surface area contributed by atoms with Crippen LogP contribution >= 0.6 is 0 Å². The van der Waals surface area contributed by atoms with Gasteiger partial charge in [-0.15, -0.1) is 0 Å². The zero-order valence-electron chi connectivity index (χ0n) is 15.2. The Bertz CT molecular complexity index is 901. The lowest BCUT2D eigenvalue weighted by molar-refractivity contribution is 0.0691. The van der Waals surface area contributed by atoms with E-state index in [4.69, 9.17) is 0 Å². The summed E-state index contributed by atoms with van der Waals surface area (Å²) >= 11 is 0. The van der Waals surface area contributed by atoms with Gasteiger partial charge in [-0.05, 0) is 55.5 Å². The molecule has 0 aliphatic carbocycles. The third-order valence-electron chi connectivity index (χ3n) is 4.78. The Hall–Kier alpha value is -2.21. The Kier molecular flexibility index (Phi) is 5.41. The highest BCUT2D eigenvalue weighted by atomic mass is 32.2. The van der Waals surface area contributed by atoms with Crippen molar-refractivity contribution in [2.75, 3.05) is 13.1 Å². The van der Waals surface area contributed by atoms with E-state index in [0.717, 1.165) is 31.5 Å². The van der Waals surface area contributed by atoms with Crippen LogP contribution in [0.15, 0.2) is 47.4 Å². The van der Waals surface area contributed by atoms with E-state index in [1.54, 1.807) is 41.3 Å². The number of rotatable bonds is 4. The topological polar surface area (TPSA) is 67.3 Å². The van der Waals surface area contributed by atoms with Crippen molar-refractivity contribution in [3.63, 3.8) is 0 Å². The van der Waals surface area contributed by atoms with Crippen molar-refractivity contribution in [3.05, 3.63) is 59.4 Å². The third-order valence-corrected chi connectivity index (χ3v) is 6.43. The van der Waals surface area contributed by atoms with Gasteiger partial charge in [0.15, 0.2) is 9.84 Å². The number of aromatic nitrogens is 1. The highest BCUT2D eigenvalue weighted by Crippen LogP contribution is 2.19. The van der Waals surface area contributed by atoms with Gasteiger partial charge in [0.05, 0.1) is 16.3 Å². The molecule has 1 aromatic heterocycles. The zero-order chi connectivity index (χ0) is 18.7. The van der Waals surface area contributed by atoms with E-state index in [1.165, 1.54) is 0 Å². The number of likely N-dealkylation sites (tertiary alicyclic amines) is 1. The van der Waals surface area contributed by atoms with Crippen LogP contribution in [0.5, 0.6) is 0 Å². The van der Waals surface area contributed by atoms with E-state index in [9.17, 15) is 13.2 Å². The first-order chi connectivity index (χ1) is 12.3. The molecule has 0 radical (unpaired) electrons. The molecular weight excluding hydrogens is 348 g/mol. The van der Waals surface area contributed by atoms with Crippen LogP contribution < -0.4 is 0 Å². The lowest BCUT2D eigenvalue weighted by Crippen LogP contribution is -2.38. The summed E-state index contributed by atoms with van der Waals surface area (Å²) in [5.41, 5.74) is 1.60. The molecule has 2 aromatic rings. The molecule has 138 valence electrons. The van der Waals surface area contributed by atoms with Gasteiger partial charge in [0.2, 0.25) is 0 Å². The molecule has 0 spiro atoms. The minimum Gasteiger partial charge on any atom is -0.337 e. The smallest absolute Gasteiger partial charge is 0.272 e. The monoisotopic (exact) mass is 372 g/mol. The van der Waals surface area contributed by atoms with Crippen molar-refractivity contribution < 1.29 is 13.2 Å². The molecule has 0 atom stereocenters. The molecule has 1 aliphatic heterocycles. The summed E-state index contributed by atoms with van der Waals surface area (Å²) in [5.74, 6) is 0.304. The molecule has 1 aromatic carbocycles. The Balaban J connectivity index is 1.78. The molecule has 0 saturated carbocycles. The second-order valence-electron chi connectivity index (χ2n) is 7.06. The van der Waals surface area contributed by atoms with Gasteiger partial charge in [-0.1, -0.05) is 25.1 Å². The average Bonchev–Trinajstić information content (AvgIpc) is 2.62. The quantitative estimate of drug-likeness (QED) is 0.826. The summed E-state index contributed by atoms with van der Waals surface area (Å²) in [6.07, 6.45) is 1.99. The van der Waals surface area contributed by atoms with Crippen molar-refractivity contribution in [1.82, 2.24) is 9.88 Å². The maximum atomic E-state index is 12.7. The van der Waals surface area contributed by atoms with Crippen molar-refractivity contribution in [2.24, 2.45) is 5.92 Å². The van der Waals surface area contributed by atoms with Crippen molar-refractivity contribution in [2.45, 2.75) is 37.3 Å². The van der Waals surface area contributed by atoms with Crippen LogP contribution in [-0.2, 0) is 15.6 Å². The molecule has 1 saturated heterocycles. The number of benzene rings is 1. The Morgan fingerprint density at radius 3 is 2.54 bits per heavy atom. The molecule has 1 fully saturated rings. The van der Waals surface area contributed by atoms with Gasteiger partial charge in [-0.25, -0.2) is 13.4 Å². The number of aryl methyl sites for hydroxylation is 1. The first-order valence-electron chi connectivity index (χ1n) is 8.90. The number of amides is 1. The standard InChI is InChI=1S/C20H24N2O3S/c1-15-9-11-22(12-10-15)20(23)19-8-4-6-17(21-19)14-26(24,25)18-7-3-5-16(2)13-18/h3-8,13,15H,9-12,14H2,1-2H3. The number of carbonyl (C=O) groups is 1. The highest BCUT2D eigenvalue weighted by molar-refractivity contribution is 7.90. The summed E-state index contributed by atoms with van der Waals surface area (Å²) in [4.78, 5) is 19.1. The lowest BCUT2D eigenvalue weighted by atomic mass is 9.99. The molecule has 3 rings (SSSR count). The summed E-state index contributed by atoms with van der Waals surface area (Å²) in [6, 6.07) is 11.8. The number of sulfone groups is 1. The second-order valence-corrected chi connectivity index (χ2v) is 9.05. The van der Waals surface area contributed by atoms with Gasteiger partial charge < -0.3 is 4.90 Å². The van der Waals surface area contributed by atoms with E-state index in [0.29, 0.717) is 17.3 Å². The maximum absolute atomic E-state index is 12.7. The van der Waals surface area contributed by atoms with Crippen LogP contribution in [0, 0.1) is 12.8 Å². The van der Waals surface area contributed by atoms with Crippen molar-refractivity contribution in [1.29, 1.82) is 0 Å². The molecule has 1 aliphatic rings. The highest BCUT2D eigenvalue weighted by Gasteiger charge is 2.23. The number of nitrogens with zero attached hydrogens (tertiary/aromatic N) is 2. The summed E-state index contributed by atoms with van der Waals surface area (Å²) in [6.45, 7) is 5.51.